The molecule has 0 spiro atoms. The molecule has 25 heavy (non-hydrogen) atoms. The molecule has 2 N–H and O–H groups in total. The van der Waals surface area contributed by atoms with Crippen LogP contribution in [0.3, 0.4) is 0 Å². The minimum Gasteiger partial charge on any atom is -0.489 e. The molecule has 1 aliphatic rings. The largest absolute Gasteiger partial charge is 0.489 e. The van der Waals surface area contributed by atoms with Gasteiger partial charge in [-0.05, 0) is 36.1 Å². The van der Waals surface area contributed by atoms with Gasteiger partial charge in [-0.25, -0.2) is 0 Å². The number of rotatable bonds is 7. The Morgan fingerprint density at radius 3 is 2.48 bits per heavy atom. The Labute approximate surface area is 152 Å². The summed E-state index contributed by atoms with van der Waals surface area (Å²) in [4.78, 5) is 0. The fourth-order valence-electron chi connectivity index (χ4n) is 2.51. The topological polar surface area (TPSA) is 67.4 Å². The predicted octanol–water partition coefficient (Wildman–Crippen LogP) is 2.21. The Morgan fingerprint density at radius 2 is 1.84 bits per heavy atom. The number of hydrogen-bond donors (Lipinski definition) is 2. The second-order valence-corrected chi connectivity index (χ2v) is 6.28. The molecule has 3 rings (SSSR count). The van der Waals surface area contributed by atoms with Gasteiger partial charge in [-0.1, -0.05) is 42.0 Å². The molecular weight excluding hydrogens is 336 g/mol. The third-order valence-corrected chi connectivity index (χ3v) is 4.05. The van der Waals surface area contributed by atoms with Crippen molar-refractivity contribution in [2.24, 2.45) is 5.92 Å². The van der Waals surface area contributed by atoms with Crippen molar-refractivity contribution in [3.8, 4) is 5.75 Å². The quantitative estimate of drug-likeness (QED) is 0.792. The van der Waals surface area contributed by atoms with Crippen LogP contribution < -0.4 is 15.4 Å². The van der Waals surface area contributed by atoms with Gasteiger partial charge in [0.2, 0.25) is 0 Å². The van der Waals surface area contributed by atoms with E-state index in [1.54, 1.807) is 0 Å². The van der Waals surface area contributed by atoms with E-state index in [9.17, 15) is 0 Å². The van der Waals surface area contributed by atoms with E-state index in [1.165, 1.54) is 16.7 Å². The van der Waals surface area contributed by atoms with Crippen LogP contribution in [0.2, 0.25) is 0 Å². The van der Waals surface area contributed by atoms with Gasteiger partial charge >= 0.3 is 11.6 Å². The van der Waals surface area contributed by atoms with Crippen molar-refractivity contribution < 1.29 is 13.2 Å². The summed E-state index contributed by atoms with van der Waals surface area (Å²) in [6.45, 7) is 6.99. The summed E-state index contributed by atoms with van der Waals surface area (Å²) in [5.41, 5.74) is 3.75. The number of benzene rings is 2. The van der Waals surface area contributed by atoms with Gasteiger partial charge in [0, 0.05) is 26.2 Å². The van der Waals surface area contributed by atoms with E-state index < -0.39 is 11.6 Å². The summed E-state index contributed by atoms with van der Waals surface area (Å²) in [5, 5.41) is 6.81. The van der Waals surface area contributed by atoms with Crippen molar-refractivity contribution in [1.29, 1.82) is 0 Å². The molecule has 1 aliphatic heterocycles. The number of nitrogens with one attached hydrogen (secondary N) is 2. The van der Waals surface area contributed by atoms with Crippen LogP contribution in [0.25, 0.3) is 0 Å². The molecule has 134 valence electrons. The second kappa shape index (κ2) is 10.8. The van der Waals surface area contributed by atoms with Gasteiger partial charge in [-0.15, -0.1) is 0 Å². The molecule has 0 radical (unpaired) electrons. The first-order valence-electron chi connectivity index (χ1n) is 8.31. The summed E-state index contributed by atoms with van der Waals surface area (Å²) < 4.78 is 22.5. The molecule has 0 unspecified atom stereocenters. The van der Waals surface area contributed by atoms with Crippen LogP contribution in [0.4, 0.5) is 0 Å². The van der Waals surface area contributed by atoms with Crippen LogP contribution in [0, 0.1) is 12.8 Å². The smallest absolute Gasteiger partial charge is 0.335 e. The standard InChI is InChI=1S/C19H24N2O.O2S/c1-15-5-7-16(8-6-15)14-22-19-4-2-3-17(9-19)10-20-11-18-12-21-13-18;1-3-2/h2-9,18,20-21H,10-14H2,1H3;. The molecule has 1 heterocycles. The number of ether oxygens (including phenoxy) is 1. The van der Waals surface area contributed by atoms with Crippen molar-refractivity contribution in [2.45, 2.75) is 20.1 Å². The molecule has 2 aromatic carbocycles. The van der Waals surface area contributed by atoms with Crippen LogP contribution in [-0.4, -0.2) is 28.1 Å². The summed E-state index contributed by atoms with van der Waals surface area (Å²) in [6.07, 6.45) is 0. The number of aryl methyl sites for hydroxylation is 1. The zero-order chi connectivity index (χ0) is 17.9. The first-order valence-corrected chi connectivity index (χ1v) is 8.98. The lowest BCUT2D eigenvalue weighted by Crippen LogP contribution is -2.47. The Bertz CT molecular complexity index is 681. The first-order chi connectivity index (χ1) is 12.2. The second-order valence-electron chi connectivity index (χ2n) is 6.14. The lowest BCUT2D eigenvalue weighted by Gasteiger charge is -2.27. The van der Waals surface area contributed by atoms with Gasteiger partial charge in [0.1, 0.15) is 12.4 Å². The normalized spacial score (nSPS) is 13.3. The van der Waals surface area contributed by atoms with Gasteiger partial charge < -0.3 is 15.4 Å². The zero-order valence-electron chi connectivity index (χ0n) is 14.4. The third kappa shape index (κ3) is 7.17. The highest BCUT2D eigenvalue weighted by molar-refractivity contribution is 7.51. The van der Waals surface area contributed by atoms with E-state index in [4.69, 9.17) is 13.2 Å². The Kier molecular flexibility index (Phi) is 8.31. The molecule has 5 nitrogen and oxygen atoms in total. The highest BCUT2D eigenvalue weighted by Gasteiger charge is 2.15. The molecular formula is C19H24N2O3S. The fourth-order valence-corrected chi connectivity index (χ4v) is 2.51. The molecule has 0 saturated carbocycles. The van der Waals surface area contributed by atoms with Crippen LogP contribution in [0.15, 0.2) is 48.5 Å². The van der Waals surface area contributed by atoms with Gasteiger partial charge in [0.05, 0.1) is 0 Å². The zero-order valence-corrected chi connectivity index (χ0v) is 15.2. The van der Waals surface area contributed by atoms with E-state index in [0.717, 1.165) is 37.8 Å². The first kappa shape index (κ1) is 19.3. The van der Waals surface area contributed by atoms with Crippen LogP contribution >= 0.6 is 0 Å². The van der Waals surface area contributed by atoms with Gasteiger partial charge in [-0.2, -0.15) is 8.42 Å². The van der Waals surface area contributed by atoms with E-state index in [0.29, 0.717) is 6.61 Å². The third-order valence-electron chi connectivity index (χ3n) is 4.05. The van der Waals surface area contributed by atoms with Gasteiger partial charge in [-0.3, -0.25) is 0 Å². The molecule has 0 aromatic heterocycles. The predicted molar refractivity (Wildman–Crippen MR) is 98.9 cm³/mol. The SMILES string of the molecule is Cc1ccc(COc2cccc(CNCC3CNC3)c2)cc1.O=S=O. The fraction of sp³-hybridized carbons (Fsp3) is 0.368. The number of hydrogen-bond acceptors (Lipinski definition) is 5. The maximum absolute atomic E-state index is 8.29. The minimum absolute atomic E-state index is 0.616. The van der Waals surface area contributed by atoms with Crippen LogP contribution in [0.1, 0.15) is 16.7 Å². The Morgan fingerprint density at radius 1 is 1.12 bits per heavy atom. The maximum atomic E-state index is 8.29. The molecule has 0 aliphatic carbocycles. The van der Waals surface area contributed by atoms with Crippen molar-refractivity contribution in [3.63, 3.8) is 0 Å². The molecule has 0 amide bonds. The molecule has 2 aromatic rings. The summed E-state index contributed by atoms with van der Waals surface area (Å²) in [5.74, 6) is 1.73. The van der Waals surface area contributed by atoms with Crippen LogP contribution in [-0.2, 0) is 24.7 Å². The van der Waals surface area contributed by atoms with Crippen molar-refractivity contribution in [1.82, 2.24) is 10.6 Å². The lowest BCUT2D eigenvalue weighted by molar-refractivity contribution is 0.305. The van der Waals surface area contributed by atoms with E-state index >= 15 is 0 Å². The van der Waals surface area contributed by atoms with Crippen molar-refractivity contribution in [3.05, 3.63) is 65.2 Å². The van der Waals surface area contributed by atoms with E-state index in [2.05, 4.69) is 60.0 Å². The maximum Gasteiger partial charge on any atom is 0.335 e. The van der Waals surface area contributed by atoms with Gasteiger partial charge in [0.15, 0.2) is 0 Å². The average Bonchev–Trinajstić information content (AvgIpc) is 2.58. The highest BCUT2D eigenvalue weighted by Crippen LogP contribution is 2.15. The van der Waals surface area contributed by atoms with Crippen molar-refractivity contribution in [2.75, 3.05) is 19.6 Å². The van der Waals surface area contributed by atoms with Crippen LogP contribution in [0.5, 0.6) is 5.75 Å². The Balaban J connectivity index is 0.000000701. The lowest BCUT2D eigenvalue weighted by atomic mass is 10.0. The van der Waals surface area contributed by atoms with Crippen molar-refractivity contribution >= 4 is 11.6 Å². The molecule has 0 atom stereocenters. The average molecular weight is 360 g/mol. The molecule has 1 fully saturated rings. The molecule has 0 bridgehead atoms. The summed E-state index contributed by atoms with van der Waals surface area (Å²) >= 11 is -0.750. The monoisotopic (exact) mass is 360 g/mol. The summed E-state index contributed by atoms with van der Waals surface area (Å²) in [6, 6.07) is 16.8. The molecule has 6 heteroatoms. The molecule has 1 saturated heterocycles. The van der Waals surface area contributed by atoms with E-state index in [1.807, 2.05) is 6.07 Å². The van der Waals surface area contributed by atoms with E-state index in [-0.39, 0.29) is 0 Å². The Hall–Kier alpha value is -2.02. The minimum atomic E-state index is -0.750. The highest BCUT2D eigenvalue weighted by atomic mass is 32.1. The van der Waals surface area contributed by atoms with Gasteiger partial charge in [0.25, 0.3) is 0 Å². The summed E-state index contributed by atoms with van der Waals surface area (Å²) in [7, 11) is 0.